The van der Waals surface area contributed by atoms with Crippen molar-refractivity contribution in [3.63, 3.8) is 0 Å². The first kappa shape index (κ1) is 16.4. The van der Waals surface area contributed by atoms with Crippen molar-refractivity contribution in [1.82, 2.24) is 5.32 Å². The zero-order chi connectivity index (χ0) is 14.9. The van der Waals surface area contributed by atoms with Crippen LogP contribution < -0.4 is 14.8 Å². The maximum absolute atomic E-state index is 6.35. The molecule has 1 aliphatic heterocycles. The lowest BCUT2D eigenvalue weighted by atomic mass is 10.1. The highest BCUT2D eigenvalue weighted by molar-refractivity contribution is 6.31. The molecular formula is C17H26ClNO2. The maximum atomic E-state index is 6.35. The molecule has 0 aromatic heterocycles. The van der Waals surface area contributed by atoms with Gasteiger partial charge in [0, 0.05) is 17.5 Å². The molecule has 2 rings (SSSR count). The van der Waals surface area contributed by atoms with Crippen LogP contribution in [0.25, 0.3) is 0 Å². The number of halogens is 1. The smallest absolute Gasteiger partial charge is 0.162 e. The van der Waals surface area contributed by atoms with Crippen LogP contribution >= 0.6 is 11.6 Å². The van der Waals surface area contributed by atoms with E-state index in [1.165, 1.54) is 31.2 Å². The van der Waals surface area contributed by atoms with Crippen molar-refractivity contribution in [3.05, 3.63) is 22.7 Å². The van der Waals surface area contributed by atoms with E-state index in [2.05, 4.69) is 18.3 Å². The highest BCUT2D eigenvalue weighted by Gasteiger charge is 2.13. The van der Waals surface area contributed by atoms with Crippen LogP contribution in [0.5, 0.6) is 11.5 Å². The summed E-state index contributed by atoms with van der Waals surface area (Å²) in [6.07, 6.45) is 6.88. The summed E-state index contributed by atoms with van der Waals surface area (Å²) in [5.74, 6) is 1.63. The van der Waals surface area contributed by atoms with Crippen LogP contribution in [0.3, 0.4) is 0 Å². The maximum Gasteiger partial charge on any atom is 0.162 e. The van der Waals surface area contributed by atoms with Crippen LogP contribution in [0.1, 0.15) is 44.6 Å². The summed E-state index contributed by atoms with van der Waals surface area (Å²) in [4.78, 5) is 0. The lowest BCUT2D eigenvalue weighted by Gasteiger charge is -2.11. The van der Waals surface area contributed by atoms with E-state index in [1.807, 2.05) is 6.07 Å². The van der Waals surface area contributed by atoms with Crippen LogP contribution in [0.4, 0.5) is 0 Å². The van der Waals surface area contributed by atoms with Gasteiger partial charge in [-0.05, 0) is 44.0 Å². The molecule has 4 heteroatoms. The van der Waals surface area contributed by atoms with Gasteiger partial charge in [0.15, 0.2) is 11.5 Å². The Balaban J connectivity index is 1.79. The number of benzene rings is 1. The Morgan fingerprint density at radius 1 is 1.05 bits per heavy atom. The molecule has 0 amide bonds. The SMILES string of the molecule is CCNCCCCCCc1cc2c(cc1Cl)OCCCO2. The Hall–Kier alpha value is -0.930. The molecule has 0 spiro atoms. The zero-order valence-corrected chi connectivity index (χ0v) is 13.7. The van der Waals surface area contributed by atoms with E-state index in [0.717, 1.165) is 49.1 Å². The van der Waals surface area contributed by atoms with Gasteiger partial charge in [-0.15, -0.1) is 0 Å². The number of unbranched alkanes of at least 4 members (excludes halogenated alkanes) is 3. The summed E-state index contributed by atoms with van der Waals surface area (Å²) in [5.41, 5.74) is 1.17. The molecule has 1 aromatic rings. The molecule has 0 radical (unpaired) electrons. The molecule has 0 aliphatic carbocycles. The van der Waals surface area contributed by atoms with E-state index >= 15 is 0 Å². The van der Waals surface area contributed by atoms with Gasteiger partial charge in [0.2, 0.25) is 0 Å². The second-order valence-electron chi connectivity index (χ2n) is 5.46. The van der Waals surface area contributed by atoms with E-state index < -0.39 is 0 Å². The number of hydrogen-bond acceptors (Lipinski definition) is 3. The van der Waals surface area contributed by atoms with Crippen molar-refractivity contribution in [1.29, 1.82) is 0 Å². The summed E-state index contributed by atoms with van der Waals surface area (Å²) < 4.78 is 11.4. The molecule has 118 valence electrons. The van der Waals surface area contributed by atoms with Crippen molar-refractivity contribution in [2.75, 3.05) is 26.3 Å². The molecule has 0 saturated carbocycles. The minimum atomic E-state index is 0.703. The largest absolute Gasteiger partial charge is 0.490 e. The van der Waals surface area contributed by atoms with E-state index in [-0.39, 0.29) is 0 Å². The van der Waals surface area contributed by atoms with Gasteiger partial charge in [-0.3, -0.25) is 0 Å². The van der Waals surface area contributed by atoms with E-state index in [4.69, 9.17) is 21.1 Å². The number of fused-ring (bicyclic) bond motifs is 1. The predicted molar refractivity (Wildman–Crippen MR) is 87.8 cm³/mol. The Morgan fingerprint density at radius 2 is 1.76 bits per heavy atom. The number of aryl methyl sites for hydroxylation is 1. The highest BCUT2D eigenvalue weighted by Crippen LogP contribution is 2.35. The third kappa shape index (κ3) is 5.40. The van der Waals surface area contributed by atoms with Crippen LogP contribution in [0.2, 0.25) is 5.02 Å². The van der Waals surface area contributed by atoms with Gasteiger partial charge in [0.25, 0.3) is 0 Å². The number of hydrogen-bond donors (Lipinski definition) is 1. The fraction of sp³-hybridized carbons (Fsp3) is 0.647. The van der Waals surface area contributed by atoms with Crippen molar-refractivity contribution in [2.24, 2.45) is 0 Å². The van der Waals surface area contributed by atoms with Gasteiger partial charge in [-0.1, -0.05) is 31.4 Å². The number of ether oxygens (including phenoxy) is 2. The molecular weight excluding hydrogens is 286 g/mol. The Bertz CT molecular complexity index is 437. The van der Waals surface area contributed by atoms with Gasteiger partial charge in [0.05, 0.1) is 13.2 Å². The molecule has 21 heavy (non-hydrogen) atoms. The highest BCUT2D eigenvalue weighted by atomic mass is 35.5. The molecule has 1 N–H and O–H groups in total. The number of rotatable bonds is 8. The third-order valence-corrected chi connectivity index (χ3v) is 4.07. The average molecular weight is 312 g/mol. The molecule has 0 bridgehead atoms. The van der Waals surface area contributed by atoms with E-state index in [9.17, 15) is 0 Å². The molecule has 0 unspecified atom stereocenters. The van der Waals surface area contributed by atoms with Crippen LogP contribution in [-0.2, 0) is 6.42 Å². The number of nitrogens with one attached hydrogen (secondary N) is 1. The molecule has 1 aliphatic rings. The summed E-state index contributed by atoms with van der Waals surface area (Å²) in [6.45, 7) is 5.76. The normalized spacial score (nSPS) is 14.0. The van der Waals surface area contributed by atoms with Crippen LogP contribution in [-0.4, -0.2) is 26.3 Å². The van der Waals surface area contributed by atoms with Gasteiger partial charge < -0.3 is 14.8 Å². The van der Waals surface area contributed by atoms with Crippen molar-refractivity contribution in [2.45, 2.75) is 45.4 Å². The molecule has 0 atom stereocenters. The lowest BCUT2D eigenvalue weighted by molar-refractivity contribution is 0.297. The molecule has 0 saturated heterocycles. The standard InChI is InChI=1S/C17H26ClNO2/c1-2-19-9-6-4-3-5-8-14-12-16-17(13-15(14)18)21-11-7-10-20-16/h12-13,19H,2-11H2,1H3. The Labute approximate surface area is 133 Å². The fourth-order valence-electron chi connectivity index (χ4n) is 2.51. The summed E-state index contributed by atoms with van der Waals surface area (Å²) in [5, 5.41) is 4.15. The average Bonchev–Trinajstić information content (AvgIpc) is 2.71. The van der Waals surface area contributed by atoms with Crippen LogP contribution in [0.15, 0.2) is 12.1 Å². The second kappa shape index (κ2) is 9.16. The van der Waals surface area contributed by atoms with Crippen molar-refractivity contribution in [3.8, 4) is 11.5 Å². The van der Waals surface area contributed by atoms with Crippen molar-refractivity contribution < 1.29 is 9.47 Å². The lowest BCUT2D eigenvalue weighted by Crippen LogP contribution is -2.13. The minimum Gasteiger partial charge on any atom is -0.490 e. The predicted octanol–water partition coefficient (Wildman–Crippen LogP) is 4.21. The van der Waals surface area contributed by atoms with E-state index in [1.54, 1.807) is 0 Å². The Morgan fingerprint density at radius 3 is 2.52 bits per heavy atom. The zero-order valence-electron chi connectivity index (χ0n) is 12.9. The van der Waals surface area contributed by atoms with Crippen molar-refractivity contribution >= 4 is 11.6 Å². The fourth-order valence-corrected chi connectivity index (χ4v) is 2.76. The minimum absolute atomic E-state index is 0.703. The molecule has 1 aromatic carbocycles. The first-order valence-electron chi connectivity index (χ1n) is 8.10. The molecule has 1 heterocycles. The van der Waals surface area contributed by atoms with E-state index in [0.29, 0.717) is 6.61 Å². The van der Waals surface area contributed by atoms with Crippen LogP contribution in [0, 0.1) is 0 Å². The molecule has 0 fully saturated rings. The van der Waals surface area contributed by atoms with Gasteiger partial charge in [-0.2, -0.15) is 0 Å². The summed E-state index contributed by atoms with van der Waals surface area (Å²) in [6, 6.07) is 3.96. The summed E-state index contributed by atoms with van der Waals surface area (Å²) >= 11 is 6.35. The first-order chi connectivity index (χ1) is 10.3. The second-order valence-corrected chi connectivity index (χ2v) is 5.87. The summed E-state index contributed by atoms with van der Waals surface area (Å²) in [7, 11) is 0. The van der Waals surface area contributed by atoms with Gasteiger partial charge in [0.1, 0.15) is 0 Å². The topological polar surface area (TPSA) is 30.5 Å². The van der Waals surface area contributed by atoms with Gasteiger partial charge in [-0.25, -0.2) is 0 Å². The third-order valence-electron chi connectivity index (χ3n) is 3.72. The monoisotopic (exact) mass is 311 g/mol. The Kier molecular flexibility index (Phi) is 7.17. The van der Waals surface area contributed by atoms with Gasteiger partial charge >= 0.3 is 0 Å². The molecule has 3 nitrogen and oxygen atoms in total. The quantitative estimate of drug-likeness (QED) is 0.729. The first-order valence-corrected chi connectivity index (χ1v) is 8.48.